The van der Waals surface area contributed by atoms with Crippen molar-refractivity contribution >= 4 is 32.6 Å². The van der Waals surface area contributed by atoms with E-state index in [-0.39, 0.29) is 17.4 Å². The van der Waals surface area contributed by atoms with E-state index in [1.165, 1.54) is 12.3 Å². The Morgan fingerprint density at radius 3 is 2.69 bits per heavy atom. The summed E-state index contributed by atoms with van der Waals surface area (Å²) in [6, 6.07) is 9.88. The van der Waals surface area contributed by atoms with E-state index in [4.69, 9.17) is 14.3 Å². The number of carboxylic acid groups (broad SMARTS) is 1. The van der Waals surface area contributed by atoms with Gasteiger partial charge in [0, 0.05) is 37.2 Å². The molecule has 10 heteroatoms. The SMILES string of the molecule is CCC(=O)O.CN1CCC(Oc2ncccc2NS(=O)(=O)c2ccc3ccoc3c2)CC1. The number of carbonyl (C=O) groups is 1. The van der Waals surface area contributed by atoms with Gasteiger partial charge in [-0.15, -0.1) is 0 Å². The Bertz CT molecular complexity index is 1150. The van der Waals surface area contributed by atoms with Crippen LogP contribution in [0.3, 0.4) is 0 Å². The van der Waals surface area contributed by atoms with Crippen LogP contribution in [-0.2, 0) is 14.8 Å². The molecule has 0 atom stereocenters. The summed E-state index contributed by atoms with van der Waals surface area (Å²) in [4.78, 5) is 16.0. The Morgan fingerprint density at radius 1 is 1.28 bits per heavy atom. The summed E-state index contributed by atoms with van der Waals surface area (Å²) in [5.74, 6) is -0.445. The normalized spacial score (nSPS) is 15.1. The van der Waals surface area contributed by atoms with E-state index in [0.717, 1.165) is 31.3 Å². The van der Waals surface area contributed by atoms with Crippen molar-refractivity contribution in [2.24, 2.45) is 0 Å². The molecule has 0 unspecified atom stereocenters. The van der Waals surface area contributed by atoms with Gasteiger partial charge in [-0.1, -0.05) is 6.92 Å². The molecule has 32 heavy (non-hydrogen) atoms. The third kappa shape index (κ3) is 6.21. The van der Waals surface area contributed by atoms with Crippen molar-refractivity contribution in [2.75, 3.05) is 24.9 Å². The molecule has 1 saturated heterocycles. The first-order valence-electron chi connectivity index (χ1n) is 10.3. The number of anilines is 1. The minimum atomic E-state index is -3.79. The molecular formula is C22H27N3O6S. The second kappa shape index (κ2) is 10.5. The second-order valence-electron chi connectivity index (χ2n) is 7.45. The predicted octanol–water partition coefficient (Wildman–Crippen LogP) is 3.58. The number of aromatic nitrogens is 1. The van der Waals surface area contributed by atoms with E-state index < -0.39 is 16.0 Å². The molecule has 0 amide bonds. The summed E-state index contributed by atoms with van der Waals surface area (Å²) >= 11 is 0. The maximum absolute atomic E-state index is 12.8. The fourth-order valence-corrected chi connectivity index (χ4v) is 4.20. The van der Waals surface area contributed by atoms with E-state index in [9.17, 15) is 13.2 Å². The number of nitrogens with zero attached hydrogens (tertiary/aromatic N) is 2. The standard InChI is InChI=1S/C19H21N3O4S.C3H6O2/c1-22-10-6-15(7-11-22)26-19-17(3-2-9-20-19)21-27(23,24)16-5-4-14-8-12-25-18(14)13-16;1-2-3(4)5/h2-5,8-9,12-13,15,21H,6-7,10-11H2,1H3;2H2,1H3,(H,4,5). The molecule has 172 valence electrons. The Balaban J connectivity index is 0.000000523. The molecule has 4 rings (SSSR count). The summed E-state index contributed by atoms with van der Waals surface area (Å²) in [5, 5.41) is 8.57. The molecule has 3 aromatic rings. The lowest BCUT2D eigenvalue weighted by molar-refractivity contribution is -0.136. The smallest absolute Gasteiger partial charge is 0.303 e. The number of ether oxygens (including phenoxy) is 1. The number of likely N-dealkylation sites (tertiary alicyclic amines) is 1. The van der Waals surface area contributed by atoms with Crippen LogP contribution < -0.4 is 9.46 Å². The highest BCUT2D eigenvalue weighted by atomic mass is 32.2. The Kier molecular flexibility index (Phi) is 7.70. The summed E-state index contributed by atoms with van der Waals surface area (Å²) in [5.41, 5.74) is 0.850. The fraction of sp³-hybridized carbons (Fsp3) is 0.364. The fourth-order valence-electron chi connectivity index (χ4n) is 3.13. The van der Waals surface area contributed by atoms with Gasteiger partial charge >= 0.3 is 5.97 Å². The summed E-state index contributed by atoms with van der Waals surface area (Å²) in [6.07, 6.45) is 5.14. The zero-order chi connectivity index (χ0) is 23.1. The lowest BCUT2D eigenvalue weighted by atomic mass is 10.1. The van der Waals surface area contributed by atoms with Gasteiger partial charge < -0.3 is 19.2 Å². The quantitative estimate of drug-likeness (QED) is 0.571. The van der Waals surface area contributed by atoms with Gasteiger partial charge in [-0.3, -0.25) is 9.52 Å². The van der Waals surface area contributed by atoms with Gasteiger partial charge in [0.05, 0.1) is 11.2 Å². The van der Waals surface area contributed by atoms with Crippen molar-refractivity contribution < 1.29 is 27.5 Å². The van der Waals surface area contributed by atoms with Crippen LogP contribution in [0.5, 0.6) is 5.88 Å². The molecule has 2 N–H and O–H groups in total. The molecular weight excluding hydrogens is 434 g/mol. The Morgan fingerprint density at radius 2 is 2.00 bits per heavy atom. The monoisotopic (exact) mass is 461 g/mol. The van der Waals surface area contributed by atoms with Gasteiger partial charge in [0.2, 0.25) is 5.88 Å². The predicted molar refractivity (Wildman–Crippen MR) is 120 cm³/mol. The molecule has 0 bridgehead atoms. The van der Waals surface area contributed by atoms with Crippen LogP contribution in [0.25, 0.3) is 11.0 Å². The van der Waals surface area contributed by atoms with Crippen LogP contribution in [0.1, 0.15) is 26.2 Å². The molecule has 0 radical (unpaired) electrons. The lowest BCUT2D eigenvalue weighted by Crippen LogP contribution is -2.36. The number of piperidine rings is 1. The Labute approximate surface area is 187 Å². The Hall–Kier alpha value is -3.11. The molecule has 1 aliphatic heterocycles. The number of carboxylic acids is 1. The lowest BCUT2D eigenvalue weighted by Gasteiger charge is -2.29. The van der Waals surface area contributed by atoms with Gasteiger partial charge in [0.1, 0.15) is 17.4 Å². The van der Waals surface area contributed by atoms with Crippen LogP contribution in [0.4, 0.5) is 5.69 Å². The molecule has 1 aromatic carbocycles. The van der Waals surface area contributed by atoms with Gasteiger partial charge in [-0.05, 0) is 50.2 Å². The van der Waals surface area contributed by atoms with E-state index in [2.05, 4.69) is 21.7 Å². The van der Waals surface area contributed by atoms with E-state index in [1.54, 1.807) is 43.5 Å². The maximum atomic E-state index is 12.8. The first kappa shape index (κ1) is 23.6. The van der Waals surface area contributed by atoms with Crippen LogP contribution in [0, 0.1) is 0 Å². The zero-order valence-electron chi connectivity index (χ0n) is 18.0. The minimum Gasteiger partial charge on any atom is -0.481 e. The third-order valence-electron chi connectivity index (χ3n) is 5.00. The van der Waals surface area contributed by atoms with Crippen LogP contribution in [0.2, 0.25) is 0 Å². The molecule has 9 nitrogen and oxygen atoms in total. The van der Waals surface area contributed by atoms with Gasteiger partial charge in [-0.2, -0.15) is 0 Å². The molecule has 3 heterocycles. The number of rotatable bonds is 6. The molecule has 1 aliphatic rings. The van der Waals surface area contributed by atoms with Gasteiger partial charge in [-0.25, -0.2) is 13.4 Å². The highest BCUT2D eigenvalue weighted by Gasteiger charge is 2.22. The zero-order valence-corrected chi connectivity index (χ0v) is 18.8. The van der Waals surface area contributed by atoms with Crippen LogP contribution >= 0.6 is 0 Å². The maximum Gasteiger partial charge on any atom is 0.303 e. The summed E-state index contributed by atoms with van der Waals surface area (Å²) in [6.45, 7) is 3.49. The van der Waals surface area contributed by atoms with Crippen LogP contribution in [-0.4, -0.2) is 55.6 Å². The van der Waals surface area contributed by atoms with Crippen molar-refractivity contribution in [3.05, 3.63) is 48.9 Å². The number of sulfonamides is 1. The number of hydrogen-bond donors (Lipinski definition) is 2. The number of furan rings is 1. The van der Waals surface area contributed by atoms with Crippen molar-refractivity contribution in [3.8, 4) is 5.88 Å². The average Bonchev–Trinajstić information content (AvgIpc) is 3.25. The molecule has 0 aliphatic carbocycles. The molecule has 0 spiro atoms. The number of aliphatic carboxylic acids is 1. The molecule has 1 fully saturated rings. The van der Waals surface area contributed by atoms with Crippen LogP contribution in [0.15, 0.2) is 58.2 Å². The number of hydrogen-bond acceptors (Lipinski definition) is 7. The number of nitrogens with one attached hydrogen (secondary N) is 1. The largest absolute Gasteiger partial charge is 0.481 e. The van der Waals surface area contributed by atoms with E-state index >= 15 is 0 Å². The summed E-state index contributed by atoms with van der Waals surface area (Å²) < 4.78 is 39.5. The van der Waals surface area contributed by atoms with E-state index in [0.29, 0.717) is 17.2 Å². The first-order valence-corrected chi connectivity index (χ1v) is 11.8. The minimum absolute atomic E-state index is 0.0267. The van der Waals surface area contributed by atoms with E-state index in [1.807, 2.05) is 0 Å². The highest BCUT2D eigenvalue weighted by molar-refractivity contribution is 7.92. The van der Waals surface area contributed by atoms with Crippen molar-refractivity contribution in [2.45, 2.75) is 37.2 Å². The third-order valence-corrected chi connectivity index (χ3v) is 6.36. The van der Waals surface area contributed by atoms with Crippen molar-refractivity contribution in [3.63, 3.8) is 0 Å². The average molecular weight is 462 g/mol. The second-order valence-corrected chi connectivity index (χ2v) is 9.13. The molecule has 2 aromatic heterocycles. The van der Waals surface area contributed by atoms with Gasteiger partial charge in [0.25, 0.3) is 10.0 Å². The molecule has 0 saturated carbocycles. The number of fused-ring (bicyclic) bond motifs is 1. The highest BCUT2D eigenvalue weighted by Crippen LogP contribution is 2.28. The number of pyridine rings is 1. The van der Waals surface area contributed by atoms with Crippen molar-refractivity contribution in [1.82, 2.24) is 9.88 Å². The summed E-state index contributed by atoms with van der Waals surface area (Å²) in [7, 11) is -1.72. The van der Waals surface area contributed by atoms with Crippen molar-refractivity contribution in [1.29, 1.82) is 0 Å². The topological polar surface area (TPSA) is 122 Å². The van der Waals surface area contributed by atoms with Gasteiger partial charge in [0.15, 0.2) is 0 Å². The number of benzene rings is 1. The first-order chi connectivity index (χ1) is 15.3.